The number of carbonyl (C=O) groups is 1. The first-order valence-electron chi connectivity index (χ1n) is 8.56. The van der Waals surface area contributed by atoms with E-state index in [9.17, 15) is 4.79 Å². The van der Waals surface area contributed by atoms with Crippen molar-refractivity contribution in [3.63, 3.8) is 0 Å². The zero-order valence-electron chi connectivity index (χ0n) is 14.6. The van der Waals surface area contributed by atoms with Crippen molar-refractivity contribution in [2.24, 2.45) is 0 Å². The summed E-state index contributed by atoms with van der Waals surface area (Å²) < 4.78 is 6.84. The van der Waals surface area contributed by atoms with Crippen LogP contribution in [0.5, 0.6) is 0 Å². The van der Waals surface area contributed by atoms with Crippen molar-refractivity contribution in [1.82, 2.24) is 14.8 Å². The van der Waals surface area contributed by atoms with Crippen LogP contribution < -0.4 is 0 Å². The number of esters is 1. The highest BCUT2D eigenvalue weighted by atomic mass is 35.5. The van der Waals surface area contributed by atoms with E-state index in [0.29, 0.717) is 21.7 Å². The van der Waals surface area contributed by atoms with Crippen molar-refractivity contribution >= 4 is 28.6 Å². The molecule has 0 fully saturated rings. The number of benzene rings is 2. The monoisotopic (exact) mass is 377 g/mol. The molecule has 0 amide bonds. The molecule has 134 valence electrons. The predicted octanol–water partition coefficient (Wildman–Crippen LogP) is 4.92. The Bertz CT molecular complexity index is 1110. The molecule has 2 aromatic carbocycles. The maximum absolute atomic E-state index is 12.3. The van der Waals surface area contributed by atoms with Gasteiger partial charge in [-0.2, -0.15) is 5.10 Å². The Morgan fingerprint density at radius 1 is 1.07 bits per heavy atom. The number of nitrogens with zero attached hydrogens (tertiary/aromatic N) is 3. The molecule has 0 aliphatic carbocycles. The third kappa shape index (κ3) is 3.06. The highest BCUT2D eigenvalue weighted by molar-refractivity contribution is 6.39. The Morgan fingerprint density at radius 2 is 1.74 bits per heavy atom. The van der Waals surface area contributed by atoms with Gasteiger partial charge in [0.25, 0.3) is 0 Å². The molecule has 0 saturated carbocycles. The largest absolute Gasteiger partial charge is 0.462 e. The molecule has 4 aromatic rings. The zero-order valence-corrected chi connectivity index (χ0v) is 15.3. The van der Waals surface area contributed by atoms with E-state index >= 15 is 0 Å². The molecule has 0 saturated heterocycles. The van der Waals surface area contributed by atoms with Gasteiger partial charge in [0.1, 0.15) is 5.69 Å². The second-order valence-electron chi connectivity index (χ2n) is 5.87. The molecule has 0 atom stereocenters. The lowest BCUT2D eigenvalue weighted by molar-refractivity contribution is 0.0526. The van der Waals surface area contributed by atoms with Gasteiger partial charge in [0.15, 0.2) is 5.65 Å². The minimum Gasteiger partial charge on any atom is -0.462 e. The van der Waals surface area contributed by atoms with Crippen LogP contribution in [-0.4, -0.2) is 27.3 Å². The van der Waals surface area contributed by atoms with Crippen molar-refractivity contribution in [3.8, 4) is 16.9 Å². The topological polar surface area (TPSA) is 57.0 Å². The fourth-order valence-electron chi connectivity index (χ4n) is 2.95. The molecule has 0 unspecified atom stereocenters. The highest BCUT2D eigenvalue weighted by Crippen LogP contribution is 2.35. The van der Waals surface area contributed by atoms with Gasteiger partial charge in [-0.05, 0) is 19.1 Å². The lowest BCUT2D eigenvalue weighted by atomic mass is 10.1. The Morgan fingerprint density at radius 3 is 2.41 bits per heavy atom. The van der Waals surface area contributed by atoms with E-state index in [0.717, 1.165) is 11.3 Å². The molecule has 0 aliphatic rings. The van der Waals surface area contributed by atoms with Crippen LogP contribution in [0.4, 0.5) is 0 Å². The number of pyridine rings is 1. The van der Waals surface area contributed by atoms with E-state index in [1.165, 1.54) is 6.20 Å². The molecule has 0 N–H and O–H groups in total. The summed E-state index contributed by atoms with van der Waals surface area (Å²) in [4.78, 5) is 16.7. The predicted molar refractivity (Wildman–Crippen MR) is 105 cm³/mol. The maximum atomic E-state index is 12.3. The number of para-hydroxylation sites is 1. The van der Waals surface area contributed by atoms with Crippen LogP contribution in [-0.2, 0) is 4.74 Å². The minimum atomic E-state index is -0.497. The van der Waals surface area contributed by atoms with Crippen LogP contribution in [0.2, 0.25) is 5.02 Å². The van der Waals surface area contributed by atoms with Crippen molar-refractivity contribution in [2.75, 3.05) is 6.61 Å². The Labute approximate surface area is 161 Å². The number of aromatic nitrogens is 3. The van der Waals surface area contributed by atoms with Crippen LogP contribution in [0.15, 0.2) is 66.9 Å². The van der Waals surface area contributed by atoms with E-state index in [1.54, 1.807) is 11.6 Å². The molecule has 4 rings (SSSR count). The molecular formula is C21H16ClN3O2. The van der Waals surface area contributed by atoms with Gasteiger partial charge in [0, 0.05) is 11.8 Å². The lowest BCUT2D eigenvalue weighted by Crippen LogP contribution is -2.06. The van der Waals surface area contributed by atoms with E-state index in [-0.39, 0.29) is 12.2 Å². The molecule has 2 aromatic heterocycles. The lowest BCUT2D eigenvalue weighted by Gasteiger charge is -2.06. The molecule has 6 heteroatoms. The number of rotatable bonds is 4. The Hall–Kier alpha value is -3.18. The molecular weight excluding hydrogens is 362 g/mol. The van der Waals surface area contributed by atoms with Gasteiger partial charge in [-0.15, -0.1) is 0 Å². The van der Waals surface area contributed by atoms with E-state index < -0.39 is 5.97 Å². The highest BCUT2D eigenvalue weighted by Gasteiger charge is 2.22. The number of hydrogen-bond acceptors (Lipinski definition) is 4. The Kier molecular flexibility index (Phi) is 4.60. The first-order valence-corrected chi connectivity index (χ1v) is 8.93. The van der Waals surface area contributed by atoms with Gasteiger partial charge >= 0.3 is 5.97 Å². The zero-order chi connectivity index (χ0) is 18.8. The van der Waals surface area contributed by atoms with Crippen LogP contribution in [0.25, 0.3) is 28.0 Å². The number of hydrogen-bond donors (Lipinski definition) is 0. The number of carbonyl (C=O) groups excluding carboxylic acids is 1. The average Bonchev–Trinajstić information content (AvgIpc) is 3.10. The van der Waals surface area contributed by atoms with Crippen LogP contribution in [0.3, 0.4) is 0 Å². The van der Waals surface area contributed by atoms with Gasteiger partial charge < -0.3 is 4.74 Å². The summed E-state index contributed by atoms with van der Waals surface area (Å²) in [5.41, 5.74) is 3.23. The summed E-state index contributed by atoms with van der Waals surface area (Å²) in [5, 5.41) is 5.67. The van der Waals surface area contributed by atoms with Gasteiger partial charge in [-0.25, -0.2) is 14.5 Å². The first-order chi connectivity index (χ1) is 13.2. The average molecular weight is 378 g/mol. The summed E-state index contributed by atoms with van der Waals surface area (Å²) >= 11 is 6.63. The fourth-order valence-corrected chi connectivity index (χ4v) is 3.25. The van der Waals surface area contributed by atoms with Gasteiger partial charge in [-0.3, -0.25) is 0 Å². The SMILES string of the molecule is CCOC(=O)c1cnc2c(c(-c3ccccc3)nn2-c2ccccc2)c1Cl. The molecule has 0 radical (unpaired) electrons. The molecule has 27 heavy (non-hydrogen) atoms. The van der Waals surface area contributed by atoms with Crippen LogP contribution in [0, 0.1) is 0 Å². The van der Waals surface area contributed by atoms with Crippen molar-refractivity contribution in [2.45, 2.75) is 6.92 Å². The summed E-state index contributed by atoms with van der Waals surface area (Å²) in [7, 11) is 0. The third-order valence-electron chi connectivity index (χ3n) is 4.18. The molecule has 0 spiro atoms. The van der Waals surface area contributed by atoms with Gasteiger partial charge in [0.2, 0.25) is 0 Å². The quantitative estimate of drug-likeness (QED) is 0.474. The third-order valence-corrected chi connectivity index (χ3v) is 4.57. The minimum absolute atomic E-state index is 0.232. The van der Waals surface area contributed by atoms with E-state index in [1.807, 2.05) is 60.7 Å². The van der Waals surface area contributed by atoms with Crippen LogP contribution in [0.1, 0.15) is 17.3 Å². The second kappa shape index (κ2) is 7.21. The number of ether oxygens (including phenoxy) is 1. The summed E-state index contributed by atoms with van der Waals surface area (Å²) in [6, 6.07) is 19.4. The van der Waals surface area contributed by atoms with Gasteiger partial charge in [0.05, 0.1) is 28.3 Å². The van der Waals surface area contributed by atoms with E-state index in [4.69, 9.17) is 21.4 Å². The maximum Gasteiger partial charge on any atom is 0.341 e. The normalized spacial score (nSPS) is 10.9. The van der Waals surface area contributed by atoms with Crippen molar-refractivity contribution in [1.29, 1.82) is 0 Å². The summed E-state index contributed by atoms with van der Waals surface area (Å²) in [6.07, 6.45) is 1.44. The van der Waals surface area contributed by atoms with E-state index in [2.05, 4.69) is 4.98 Å². The molecule has 0 aliphatic heterocycles. The first kappa shape index (κ1) is 17.2. The standard InChI is InChI=1S/C21H16ClN3O2/c1-2-27-21(26)16-13-23-20-17(18(16)22)19(14-9-5-3-6-10-14)24-25(20)15-11-7-4-8-12-15/h3-13H,2H2,1H3. The number of fused-ring (bicyclic) bond motifs is 1. The van der Waals surface area contributed by atoms with Crippen molar-refractivity contribution in [3.05, 3.63) is 77.4 Å². The summed E-state index contributed by atoms with van der Waals surface area (Å²) in [5.74, 6) is -0.497. The second-order valence-corrected chi connectivity index (χ2v) is 6.24. The smallest absolute Gasteiger partial charge is 0.341 e. The van der Waals surface area contributed by atoms with Crippen LogP contribution >= 0.6 is 11.6 Å². The summed E-state index contributed by atoms with van der Waals surface area (Å²) in [6.45, 7) is 2.02. The Balaban J connectivity index is 2.02. The fraction of sp³-hybridized carbons (Fsp3) is 0.0952. The molecule has 2 heterocycles. The number of halogens is 1. The molecule has 5 nitrogen and oxygen atoms in total. The molecule has 0 bridgehead atoms. The van der Waals surface area contributed by atoms with Crippen molar-refractivity contribution < 1.29 is 9.53 Å². The van der Waals surface area contributed by atoms with Gasteiger partial charge in [-0.1, -0.05) is 60.1 Å².